The van der Waals surface area contributed by atoms with Gasteiger partial charge in [-0.2, -0.15) is 5.16 Å². The molecule has 0 unspecified atom stereocenters. The zero-order chi connectivity index (χ0) is 29.4. The van der Waals surface area contributed by atoms with Crippen LogP contribution in [0.2, 0.25) is 5.02 Å². The van der Waals surface area contributed by atoms with Gasteiger partial charge in [0.05, 0.1) is 31.0 Å². The average Bonchev–Trinajstić information content (AvgIpc) is 3.66. The molecule has 1 atom stereocenters. The predicted octanol–water partition coefficient (Wildman–Crippen LogP) is 5.99. The minimum Gasteiger partial charge on any atom is -0.473 e. The highest BCUT2D eigenvalue weighted by molar-refractivity contribution is 6.30. The molecule has 3 aromatic heterocycles. The van der Waals surface area contributed by atoms with Gasteiger partial charge in [-0.25, -0.2) is 13.8 Å². The molecule has 1 N–H and O–H groups in total. The summed E-state index contributed by atoms with van der Waals surface area (Å²) in [5, 5.41) is 11.2. The van der Waals surface area contributed by atoms with Crippen LogP contribution in [0.15, 0.2) is 70.0 Å². The average molecular weight is 594 g/mol. The largest absolute Gasteiger partial charge is 0.473 e. The van der Waals surface area contributed by atoms with Crippen LogP contribution in [0.4, 0.5) is 8.78 Å². The molecule has 2 aromatic carbocycles. The number of nitrogens with zero attached hydrogens (tertiary/aromatic N) is 4. The van der Waals surface area contributed by atoms with Crippen molar-refractivity contribution in [3.63, 3.8) is 0 Å². The summed E-state index contributed by atoms with van der Waals surface area (Å²) >= 11 is 5.82. The van der Waals surface area contributed by atoms with Gasteiger partial charge in [-0.15, -0.1) is 10.2 Å². The first-order valence-corrected chi connectivity index (χ1v) is 13.6. The van der Waals surface area contributed by atoms with Crippen molar-refractivity contribution in [3.8, 4) is 28.7 Å². The van der Waals surface area contributed by atoms with Gasteiger partial charge in [-0.05, 0) is 29.8 Å². The van der Waals surface area contributed by atoms with Gasteiger partial charge in [0.2, 0.25) is 17.5 Å². The third-order valence-corrected chi connectivity index (χ3v) is 7.52. The van der Waals surface area contributed by atoms with E-state index in [1.165, 1.54) is 18.2 Å². The second kappa shape index (κ2) is 11.1. The molecule has 0 radical (unpaired) electrons. The number of ether oxygens (including phenoxy) is 2. The summed E-state index contributed by atoms with van der Waals surface area (Å²) in [6.07, 6.45) is 0.142. The first-order valence-electron chi connectivity index (χ1n) is 13.2. The van der Waals surface area contributed by atoms with Crippen LogP contribution in [0.3, 0.4) is 0 Å². The van der Waals surface area contributed by atoms with Crippen LogP contribution in [-0.2, 0) is 17.8 Å². The smallest absolute Gasteiger partial charge is 0.280 e. The zero-order valence-electron chi connectivity index (χ0n) is 22.7. The van der Waals surface area contributed by atoms with Gasteiger partial charge in [-0.3, -0.25) is 4.79 Å². The van der Waals surface area contributed by atoms with Crippen LogP contribution < -0.4 is 10.3 Å². The standard InChI is InChI=1S/C30H26ClF2N5O4/c1-30(2)16-40-15-25(30)38-26(35-36-29(38)24-13-27(39)37-42-24)11-17-6-7-18(10-21(17)32)23-4-3-5-28(34-23)41-14-19-8-9-20(31)12-22(19)33/h3-10,12-13,25H,11,14-16H2,1-2H3,(H,37,39)/t25-/m0/s1. The number of aromatic amines is 1. The molecule has 42 heavy (non-hydrogen) atoms. The molecule has 0 spiro atoms. The summed E-state index contributed by atoms with van der Waals surface area (Å²) in [6, 6.07) is 15.5. The van der Waals surface area contributed by atoms with Crippen LogP contribution in [0.25, 0.3) is 22.8 Å². The maximum atomic E-state index is 15.5. The highest BCUT2D eigenvalue weighted by Gasteiger charge is 2.40. The molecule has 4 heterocycles. The highest BCUT2D eigenvalue weighted by atomic mass is 35.5. The van der Waals surface area contributed by atoms with E-state index < -0.39 is 17.2 Å². The minimum absolute atomic E-state index is 0.0373. The van der Waals surface area contributed by atoms with Crippen LogP contribution in [0, 0.1) is 17.0 Å². The van der Waals surface area contributed by atoms with Crippen LogP contribution in [0.5, 0.6) is 5.88 Å². The van der Waals surface area contributed by atoms with E-state index >= 15 is 4.39 Å². The Bertz CT molecular complexity index is 1820. The maximum Gasteiger partial charge on any atom is 0.280 e. The molecule has 9 nitrogen and oxygen atoms in total. The van der Waals surface area contributed by atoms with Gasteiger partial charge < -0.3 is 18.6 Å². The molecule has 5 aromatic rings. The van der Waals surface area contributed by atoms with Crippen molar-refractivity contribution >= 4 is 11.6 Å². The molecule has 6 rings (SSSR count). The van der Waals surface area contributed by atoms with Crippen molar-refractivity contribution in [2.45, 2.75) is 32.9 Å². The Morgan fingerprint density at radius 1 is 1.07 bits per heavy atom. The molecule has 1 aliphatic heterocycles. The highest BCUT2D eigenvalue weighted by Crippen LogP contribution is 2.40. The number of nitrogens with one attached hydrogen (secondary N) is 1. The molecular weight excluding hydrogens is 568 g/mol. The van der Waals surface area contributed by atoms with Crippen molar-refractivity contribution in [1.82, 2.24) is 24.9 Å². The Hall–Kier alpha value is -4.35. The summed E-state index contributed by atoms with van der Waals surface area (Å²) in [6.45, 7) is 5.04. The fraction of sp³-hybridized carbons (Fsp3) is 0.267. The summed E-state index contributed by atoms with van der Waals surface area (Å²) in [4.78, 5) is 16.2. The molecule has 216 valence electrons. The van der Waals surface area contributed by atoms with E-state index in [1.807, 2.05) is 4.57 Å². The van der Waals surface area contributed by atoms with E-state index in [-0.39, 0.29) is 36.1 Å². The van der Waals surface area contributed by atoms with Crippen molar-refractivity contribution in [1.29, 1.82) is 0 Å². The van der Waals surface area contributed by atoms with Gasteiger partial charge in [0.15, 0.2) is 0 Å². The fourth-order valence-electron chi connectivity index (χ4n) is 4.98. The Kier molecular flexibility index (Phi) is 7.38. The maximum absolute atomic E-state index is 15.5. The molecule has 0 amide bonds. The number of hydrogen-bond donors (Lipinski definition) is 1. The Balaban J connectivity index is 1.25. The SMILES string of the molecule is CC1(C)COC[C@@H]1n1c(Cc2ccc(-c3cccc(OCc4ccc(Cl)cc4F)n3)cc2F)nnc1-c1cc(=O)[nH]o1. The van der Waals surface area contributed by atoms with Crippen molar-refractivity contribution in [2.75, 3.05) is 13.2 Å². The second-order valence-corrected chi connectivity index (χ2v) is 11.2. The van der Waals surface area contributed by atoms with Crippen molar-refractivity contribution < 1.29 is 22.8 Å². The van der Waals surface area contributed by atoms with Crippen LogP contribution in [0.1, 0.15) is 36.8 Å². The number of pyridine rings is 1. The van der Waals surface area contributed by atoms with Crippen LogP contribution in [-0.4, -0.2) is 38.1 Å². The zero-order valence-corrected chi connectivity index (χ0v) is 23.5. The lowest BCUT2D eigenvalue weighted by molar-refractivity contribution is 0.166. The molecular formula is C30H26ClF2N5O4. The third kappa shape index (κ3) is 5.57. The Morgan fingerprint density at radius 2 is 1.88 bits per heavy atom. The summed E-state index contributed by atoms with van der Waals surface area (Å²) < 4.78 is 48.2. The quantitative estimate of drug-likeness (QED) is 0.235. The van der Waals surface area contributed by atoms with E-state index in [0.717, 1.165) is 0 Å². The molecule has 1 saturated heterocycles. The fourth-order valence-corrected chi connectivity index (χ4v) is 5.14. The Morgan fingerprint density at radius 3 is 2.60 bits per heavy atom. The number of aromatic nitrogens is 5. The van der Waals surface area contributed by atoms with Gasteiger partial charge in [0, 0.05) is 34.1 Å². The van der Waals surface area contributed by atoms with Crippen LogP contribution >= 0.6 is 11.6 Å². The van der Waals surface area contributed by atoms with Gasteiger partial charge in [0.1, 0.15) is 24.1 Å². The van der Waals surface area contributed by atoms with E-state index in [9.17, 15) is 9.18 Å². The molecule has 1 fully saturated rings. The number of benzene rings is 2. The number of H-pyrrole nitrogens is 1. The summed E-state index contributed by atoms with van der Waals surface area (Å²) in [5.41, 5.74) is 1.11. The van der Waals surface area contributed by atoms with E-state index in [0.29, 0.717) is 52.3 Å². The summed E-state index contributed by atoms with van der Waals surface area (Å²) in [7, 11) is 0. The van der Waals surface area contributed by atoms with E-state index in [2.05, 4.69) is 34.2 Å². The summed E-state index contributed by atoms with van der Waals surface area (Å²) in [5.74, 6) is 0.459. The van der Waals surface area contributed by atoms with Gasteiger partial charge >= 0.3 is 0 Å². The molecule has 0 bridgehead atoms. The lowest BCUT2D eigenvalue weighted by Gasteiger charge is -2.27. The lowest BCUT2D eigenvalue weighted by Crippen LogP contribution is -2.27. The van der Waals surface area contributed by atoms with E-state index in [4.69, 9.17) is 25.6 Å². The normalized spacial score (nSPS) is 16.2. The van der Waals surface area contributed by atoms with E-state index in [1.54, 1.807) is 42.5 Å². The monoisotopic (exact) mass is 593 g/mol. The topological polar surface area (TPSA) is 108 Å². The molecule has 0 saturated carbocycles. The second-order valence-electron chi connectivity index (χ2n) is 10.8. The lowest BCUT2D eigenvalue weighted by atomic mass is 9.87. The number of hydrogen-bond acceptors (Lipinski definition) is 7. The van der Waals surface area contributed by atoms with Crippen molar-refractivity contribution in [3.05, 3.63) is 105 Å². The molecule has 12 heteroatoms. The van der Waals surface area contributed by atoms with Gasteiger partial charge in [0.25, 0.3) is 5.56 Å². The van der Waals surface area contributed by atoms with Crippen molar-refractivity contribution in [2.24, 2.45) is 5.41 Å². The Labute approximate surface area is 244 Å². The predicted molar refractivity (Wildman–Crippen MR) is 150 cm³/mol. The molecule has 0 aliphatic carbocycles. The van der Waals surface area contributed by atoms with Gasteiger partial charge in [-0.1, -0.05) is 49.7 Å². The first kappa shape index (κ1) is 27.8. The third-order valence-electron chi connectivity index (χ3n) is 7.29. The number of halogens is 3. The number of rotatable bonds is 8. The molecule has 1 aliphatic rings. The minimum atomic E-state index is -0.471. The first-order chi connectivity index (χ1) is 20.2.